The summed E-state index contributed by atoms with van der Waals surface area (Å²) in [4.78, 5) is 16.4. The summed E-state index contributed by atoms with van der Waals surface area (Å²) in [5.74, 6) is 2.39. The lowest BCUT2D eigenvalue weighted by molar-refractivity contribution is -0.132. The van der Waals surface area contributed by atoms with Crippen LogP contribution in [0.1, 0.15) is 30.8 Å². The van der Waals surface area contributed by atoms with Crippen molar-refractivity contribution < 1.29 is 9.21 Å². The zero-order valence-electron chi connectivity index (χ0n) is 13.3. The lowest BCUT2D eigenvalue weighted by atomic mass is 10.1. The number of likely N-dealkylation sites (N-methyl/N-ethyl adjacent to an activating group) is 1. The van der Waals surface area contributed by atoms with Crippen LogP contribution in [0.15, 0.2) is 16.5 Å². The van der Waals surface area contributed by atoms with Gasteiger partial charge in [-0.05, 0) is 51.9 Å². The highest BCUT2D eigenvalue weighted by Gasteiger charge is 2.31. The quantitative estimate of drug-likeness (QED) is 0.791. The summed E-state index contributed by atoms with van der Waals surface area (Å²) in [6.45, 7) is 3.98. The van der Waals surface area contributed by atoms with Gasteiger partial charge < -0.3 is 20.0 Å². The zero-order chi connectivity index (χ0) is 15.4. The van der Waals surface area contributed by atoms with Crippen LogP contribution in [0.4, 0.5) is 0 Å². The van der Waals surface area contributed by atoms with E-state index in [0.717, 1.165) is 18.1 Å². The smallest absolute Gasteiger partial charge is 0.224 e. The molecule has 1 aromatic heterocycles. The molecule has 1 aromatic rings. The zero-order valence-corrected chi connectivity index (χ0v) is 13.3. The number of hydrogen-bond acceptors (Lipinski definition) is 4. The molecule has 1 saturated carbocycles. The lowest BCUT2D eigenvalue weighted by Crippen LogP contribution is -2.39. The molecule has 1 atom stereocenters. The number of aryl methyl sites for hydroxylation is 1. The summed E-state index contributed by atoms with van der Waals surface area (Å²) >= 11 is 0. The van der Waals surface area contributed by atoms with Gasteiger partial charge in [-0.2, -0.15) is 0 Å². The fourth-order valence-corrected chi connectivity index (χ4v) is 2.39. The molecular formula is C16H27N3O2. The Balaban J connectivity index is 1.94. The van der Waals surface area contributed by atoms with E-state index in [9.17, 15) is 4.79 Å². The molecule has 2 rings (SSSR count). The Morgan fingerprint density at radius 2 is 2.10 bits per heavy atom. The molecular weight excluding hydrogens is 266 g/mol. The maximum absolute atomic E-state index is 12.5. The van der Waals surface area contributed by atoms with Gasteiger partial charge in [0.15, 0.2) is 0 Å². The highest BCUT2D eigenvalue weighted by atomic mass is 16.3. The Morgan fingerprint density at radius 3 is 2.62 bits per heavy atom. The number of amides is 1. The van der Waals surface area contributed by atoms with Gasteiger partial charge in [0.05, 0.1) is 6.54 Å². The first-order chi connectivity index (χ1) is 9.95. The van der Waals surface area contributed by atoms with Crippen molar-refractivity contribution in [1.29, 1.82) is 0 Å². The normalized spacial score (nSPS) is 16.2. The lowest BCUT2D eigenvalue weighted by Gasteiger charge is -2.25. The number of furan rings is 1. The summed E-state index contributed by atoms with van der Waals surface area (Å²) in [6, 6.07) is 3.88. The van der Waals surface area contributed by atoms with Gasteiger partial charge in [0.2, 0.25) is 5.91 Å². The van der Waals surface area contributed by atoms with Crippen LogP contribution in [0, 0.1) is 12.8 Å². The van der Waals surface area contributed by atoms with Gasteiger partial charge >= 0.3 is 0 Å². The second-order valence-corrected chi connectivity index (χ2v) is 6.34. The molecule has 1 aliphatic rings. The van der Waals surface area contributed by atoms with Crippen LogP contribution in [-0.2, 0) is 11.3 Å². The number of nitrogens with zero attached hydrogens (tertiary/aromatic N) is 2. The van der Waals surface area contributed by atoms with Crippen molar-refractivity contribution in [3.05, 3.63) is 23.7 Å². The number of nitrogens with two attached hydrogens (primary N) is 1. The minimum absolute atomic E-state index is 0.0118. The number of carbonyl (C=O) groups is 1. The van der Waals surface area contributed by atoms with Crippen LogP contribution in [0.3, 0.4) is 0 Å². The molecule has 1 amide bonds. The first-order valence-corrected chi connectivity index (χ1v) is 7.69. The Labute approximate surface area is 127 Å². The molecule has 1 fully saturated rings. The topological polar surface area (TPSA) is 62.7 Å². The molecule has 21 heavy (non-hydrogen) atoms. The number of hydrogen-bond donors (Lipinski definition) is 1. The van der Waals surface area contributed by atoms with Crippen LogP contribution < -0.4 is 5.73 Å². The molecule has 2 N–H and O–H groups in total. The van der Waals surface area contributed by atoms with E-state index >= 15 is 0 Å². The highest BCUT2D eigenvalue weighted by Crippen LogP contribution is 2.33. The molecule has 5 nitrogen and oxygen atoms in total. The summed E-state index contributed by atoms with van der Waals surface area (Å²) in [5.41, 5.74) is 6.09. The van der Waals surface area contributed by atoms with E-state index in [0.29, 0.717) is 25.4 Å². The van der Waals surface area contributed by atoms with Gasteiger partial charge in [-0.3, -0.25) is 4.79 Å². The Bertz CT molecular complexity index is 466. The van der Waals surface area contributed by atoms with Crippen molar-refractivity contribution >= 4 is 5.91 Å². The van der Waals surface area contributed by atoms with Crippen molar-refractivity contribution in [3.8, 4) is 0 Å². The fourth-order valence-electron chi connectivity index (χ4n) is 2.39. The number of rotatable bonds is 8. The van der Waals surface area contributed by atoms with Gasteiger partial charge in [-0.25, -0.2) is 0 Å². The monoisotopic (exact) mass is 293 g/mol. The van der Waals surface area contributed by atoms with E-state index in [2.05, 4.69) is 4.90 Å². The summed E-state index contributed by atoms with van der Waals surface area (Å²) in [6.07, 6.45) is 2.78. The summed E-state index contributed by atoms with van der Waals surface area (Å²) < 4.78 is 5.60. The predicted octanol–water partition coefficient (Wildman–Crippen LogP) is 1.61. The molecule has 1 unspecified atom stereocenters. The molecule has 0 aliphatic heterocycles. The minimum Gasteiger partial charge on any atom is -0.464 e. The molecule has 1 aliphatic carbocycles. The average molecular weight is 293 g/mol. The van der Waals surface area contributed by atoms with Crippen LogP contribution >= 0.6 is 0 Å². The van der Waals surface area contributed by atoms with Crippen molar-refractivity contribution in [2.75, 3.05) is 27.2 Å². The standard InChI is InChI=1S/C16H27N3O2/c1-12-4-7-14(21-12)11-19(9-8-18(2)3)16(20)10-15(17)13-5-6-13/h4,7,13,15H,5-6,8-11,17H2,1-3H3. The maximum atomic E-state index is 12.5. The van der Waals surface area contributed by atoms with E-state index in [1.165, 1.54) is 12.8 Å². The molecule has 0 radical (unpaired) electrons. The van der Waals surface area contributed by atoms with Gasteiger partial charge in [0, 0.05) is 25.6 Å². The number of carbonyl (C=O) groups excluding carboxylic acids is 1. The second-order valence-electron chi connectivity index (χ2n) is 6.34. The fraction of sp³-hybridized carbons (Fsp3) is 0.688. The van der Waals surface area contributed by atoms with E-state index in [-0.39, 0.29) is 11.9 Å². The second kappa shape index (κ2) is 7.09. The van der Waals surface area contributed by atoms with Gasteiger partial charge in [-0.15, -0.1) is 0 Å². The van der Waals surface area contributed by atoms with Crippen molar-refractivity contribution in [3.63, 3.8) is 0 Å². The average Bonchev–Trinajstić information content (AvgIpc) is 3.18. The van der Waals surface area contributed by atoms with E-state index in [4.69, 9.17) is 10.2 Å². The first kappa shape index (κ1) is 16.0. The maximum Gasteiger partial charge on any atom is 0.224 e. The van der Waals surface area contributed by atoms with Crippen LogP contribution in [0.2, 0.25) is 0 Å². The molecule has 0 saturated heterocycles. The third-order valence-corrected chi connectivity index (χ3v) is 3.95. The van der Waals surface area contributed by atoms with Crippen LogP contribution in [0.5, 0.6) is 0 Å². The Kier molecular flexibility index (Phi) is 5.42. The third kappa shape index (κ3) is 5.17. The van der Waals surface area contributed by atoms with Crippen molar-refractivity contribution in [2.24, 2.45) is 11.7 Å². The minimum atomic E-state index is 0.0118. The van der Waals surface area contributed by atoms with Crippen molar-refractivity contribution in [2.45, 2.75) is 38.8 Å². The molecule has 1 heterocycles. The van der Waals surface area contributed by atoms with Crippen molar-refractivity contribution in [1.82, 2.24) is 9.80 Å². The summed E-state index contributed by atoms with van der Waals surface area (Å²) in [5, 5.41) is 0. The molecule has 118 valence electrons. The SMILES string of the molecule is Cc1ccc(CN(CCN(C)C)C(=O)CC(N)C2CC2)o1. The van der Waals surface area contributed by atoms with Crippen LogP contribution in [-0.4, -0.2) is 48.9 Å². The highest BCUT2D eigenvalue weighted by molar-refractivity contribution is 5.76. The Morgan fingerprint density at radius 1 is 1.38 bits per heavy atom. The van der Waals surface area contributed by atoms with Gasteiger partial charge in [0.25, 0.3) is 0 Å². The molecule has 0 aromatic carbocycles. The summed E-state index contributed by atoms with van der Waals surface area (Å²) in [7, 11) is 4.02. The predicted molar refractivity (Wildman–Crippen MR) is 82.7 cm³/mol. The van der Waals surface area contributed by atoms with E-state index < -0.39 is 0 Å². The van der Waals surface area contributed by atoms with Crippen LogP contribution in [0.25, 0.3) is 0 Å². The molecule has 0 spiro atoms. The first-order valence-electron chi connectivity index (χ1n) is 7.69. The largest absolute Gasteiger partial charge is 0.464 e. The van der Waals surface area contributed by atoms with E-state index in [1.54, 1.807) is 0 Å². The molecule has 5 heteroatoms. The van der Waals surface area contributed by atoms with Gasteiger partial charge in [-0.1, -0.05) is 0 Å². The van der Waals surface area contributed by atoms with Gasteiger partial charge in [0.1, 0.15) is 11.5 Å². The van der Waals surface area contributed by atoms with E-state index in [1.807, 2.05) is 38.1 Å². The third-order valence-electron chi connectivity index (χ3n) is 3.95. The Hall–Kier alpha value is -1.33. The molecule has 0 bridgehead atoms.